The third-order valence-corrected chi connectivity index (χ3v) is 2.76. The summed E-state index contributed by atoms with van der Waals surface area (Å²) in [5, 5.41) is 13.9. The third kappa shape index (κ3) is 3.78. The van der Waals surface area contributed by atoms with Crippen LogP contribution in [0.5, 0.6) is 0 Å². The van der Waals surface area contributed by atoms with Crippen LogP contribution >= 0.6 is 0 Å². The first-order valence-corrected chi connectivity index (χ1v) is 5.97. The molecule has 0 spiro atoms. The van der Waals surface area contributed by atoms with Crippen molar-refractivity contribution in [3.8, 4) is 0 Å². The van der Waals surface area contributed by atoms with Gasteiger partial charge in [-0.25, -0.2) is 0 Å². The highest BCUT2D eigenvalue weighted by molar-refractivity contribution is 5.96. The Labute approximate surface area is 116 Å². The normalized spacial score (nSPS) is 10.8. The van der Waals surface area contributed by atoms with Gasteiger partial charge in [0.1, 0.15) is 5.69 Å². The first-order valence-electron chi connectivity index (χ1n) is 5.97. The highest BCUT2D eigenvalue weighted by atomic mass is 16.4. The van der Waals surface area contributed by atoms with Crippen LogP contribution in [-0.4, -0.2) is 41.5 Å². The Hall–Kier alpha value is -2.44. The lowest BCUT2D eigenvalue weighted by atomic mass is 9.94. The lowest BCUT2D eigenvalue weighted by Gasteiger charge is -2.19. The zero-order valence-electron chi connectivity index (χ0n) is 11.6. The molecule has 0 atom stereocenters. The van der Waals surface area contributed by atoms with E-state index in [9.17, 15) is 14.4 Å². The van der Waals surface area contributed by atoms with Gasteiger partial charge in [-0.1, -0.05) is 0 Å². The highest BCUT2D eigenvalue weighted by Crippen LogP contribution is 2.13. The molecule has 1 aromatic heterocycles. The molecule has 0 aromatic carbocycles. The number of aliphatic carboxylic acids is 1. The maximum atomic E-state index is 11.8. The Balaban J connectivity index is 2.69. The lowest BCUT2D eigenvalue weighted by Crippen LogP contribution is -2.38. The van der Waals surface area contributed by atoms with Crippen molar-refractivity contribution in [1.29, 1.82) is 0 Å². The van der Waals surface area contributed by atoms with Gasteiger partial charge >= 0.3 is 5.97 Å². The molecule has 20 heavy (non-hydrogen) atoms. The second kappa shape index (κ2) is 6.14. The summed E-state index contributed by atoms with van der Waals surface area (Å²) in [7, 11) is 1.48. The molecule has 0 fully saturated rings. The van der Waals surface area contributed by atoms with Crippen molar-refractivity contribution in [2.24, 2.45) is 5.41 Å². The van der Waals surface area contributed by atoms with Crippen molar-refractivity contribution in [1.82, 2.24) is 15.6 Å². The van der Waals surface area contributed by atoms with Crippen LogP contribution in [0.15, 0.2) is 18.3 Å². The zero-order chi connectivity index (χ0) is 15.3. The monoisotopic (exact) mass is 279 g/mol. The Morgan fingerprint density at radius 2 is 1.90 bits per heavy atom. The van der Waals surface area contributed by atoms with Crippen molar-refractivity contribution >= 4 is 17.8 Å². The van der Waals surface area contributed by atoms with Crippen LogP contribution in [0.3, 0.4) is 0 Å². The van der Waals surface area contributed by atoms with Gasteiger partial charge in [-0.2, -0.15) is 0 Å². The number of hydrogen-bond acceptors (Lipinski definition) is 4. The number of rotatable bonds is 5. The number of nitrogens with one attached hydrogen (secondary N) is 2. The molecule has 0 unspecified atom stereocenters. The summed E-state index contributed by atoms with van der Waals surface area (Å²) in [6.45, 7) is 3.03. The molecule has 1 heterocycles. The number of carbonyl (C=O) groups excluding carboxylic acids is 2. The summed E-state index contributed by atoms with van der Waals surface area (Å²) in [6.07, 6.45) is 1.27. The Morgan fingerprint density at radius 1 is 1.25 bits per heavy atom. The maximum Gasteiger partial charge on any atom is 0.310 e. The molecular formula is C13H17N3O4. The maximum absolute atomic E-state index is 11.8. The average Bonchev–Trinajstić information content (AvgIpc) is 2.44. The molecule has 0 aliphatic rings. The summed E-state index contributed by atoms with van der Waals surface area (Å²) in [4.78, 5) is 37.9. The van der Waals surface area contributed by atoms with E-state index in [0.29, 0.717) is 0 Å². The van der Waals surface area contributed by atoms with Gasteiger partial charge < -0.3 is 15.7 Å². The van der Waals surface area contributed by atoms with Crippen molar-refractivity contribution in [3.63, 3.8) is 0 Å². The molecule has 2 amide bonds. The van der Waals surface area contributed by atoms with Gasteiger partial charge in [0.15, 0.2) is 0 Å². The van der Waals surface area contributed by atoms with Crippen LogP contribution in [0.2, 0.25) is 0 Å². The number of amides is 2. The zero-order valence-corrected chi connectivity index (χ0v) is 11.6. The molecule has 1 aromatic rings. The fraction of sp³-hybridized carbons (Fsp3) is 0.385. The van der Waals surface area contributed by atoms with E-state index >= 15 is 0 Å². The number of carboxylic acid groups (broad SMARTS) is 1. The van der Waals surface area contributed by atoms with E-state index in [2.05, 4.69) is 15.6 Å². The Morgan fingerprint density at radius 3 is 2.35 bits per heavy atom. The predicted molar refractivity (Wildman–Crippen MR) is 71.4 cm³/mol. The number of pyridine rings is 1. The SMILES string of the molecule is CNC(=O)c1ccc(C(=O)NCC(C)(C)C(=O)O)cn1. The lowest BCUT2D eigenvalue weighted by molar-refractivity contribution is -0.146. The van der Waals surface area contributed by atoms with Crippen molar-refractivity contribution < 1.29 is 19.5 Å². The molecule has 108 valence electrons. The highest BCUT2D eigenvalue weighted by Gasteiger charge is 2.27. The van der Waals surface area contributed by atoms with Gasteiger partial charge in [0.05, 0.1) is 11.0 Å². The van der Waals surface area contributed by atoms with Crippen molar-refractivity contribution in [3.05, 3.63) is 29.6 Å². The molecule has 0 bridgehead atoms. The predicted octanol–water partition coefficient (Wildman–Crippen LogP) is 0.282. The van der Waals surface area contributed by atoms with Crippen LogP contribution in [0.25, 0.3) is 0 Å². The Kier molecular flexibility index (Phi) is 4.79. The van der Waals surface area contributed by atoms with Crippen LogP contribution in [0.1, 0.15) is 34.7 Å². The number of hydrogen-bond donors (Lipinski definition) is 3. The molecule has 1 rings (SSSR count). The number of carboxylic acids is 1. The first-order chi connectivity index (χ1) is 9.27. The quantitative estimate of drug-likeness (QED) is 0.717. The van der Waals surface area contributed by atoms with E-state index in [1.54, 1.807) is 0 Å². The van der Waals surface area contributed by atoms with Crippen LogP contribution in [-0.2, 0) is 4.79 Å². The van der Waals surface area contributed by atoms with E-state index in [-0.39, 0.29) is 23.7 Å². The number of carbonyl (C=O) groups is 3. The minimum atomic E-state index is -1.05. The van der Waals surface area contributed by atoms with E-state index in [1.807, 2.05) is 0 Å². The van der Waals surface area contributed by atoms with Gasteiger partial charge in [-0.05, 0) is 26.0 Å². The fourth-order valence-electron chi connectivity index (χ4n) is 1.27. The average molecular weight is 279 g/mol. The van der Waals surface area contributed by atoms with Gasteiger partial charge in [0, 0.05) is 19.8 Å². The van der Waals surface area contributed by atoms with Gasteiger partial charge in [-0.3, -0.25) is 19.4 Å². The minimum absolute atomic E-state index is 0.00162. The molecule has 0 saturated carbocycles. The molecule has 0 aliphatic carbocycles. The summed E-state index contributed by atoms with van der Waals surface area (Å²) < 4.78 is 0. The largest absolute Gasteiger partial charge is 0.481 e. The molecule has 0 radical (unpaired) electrons. The van der Waals surface area contributed by atoms with Crippen LogP contribution in [0.4, 0.5) is 0 Å². The topological polar surface area (TPSA) is 108 Å². The molecular weight excluding hydrogens is 262 g/mol. The molecule has 7 heteroatoms. The number of nitrogens with zero attached hydrogens (tertiary/aromatic N) is 1. The van der Waals surface area contributed by atoms with Crippen LogP contribution in [0, 0.1) is 5.41 Å². The van der Waals surface area contributed by atoms with E-state index in [1.165, 1.54) is 39.2 Å². The van der Waals surface area contributed by atoms with Crippen molar-refractivity contribution in [2.45, 2.75) is 13.8 Å². The van der Waals surface area contributed by atoms with Crippen LogP contribution < -0.4 is 10.6 Å². The Bertz CT molecular complexity index is 523. The van der Waals surface area contributed by atoms with Gasteiger partial charge in [0.25, 0.3) is 11.8 Å². The summed E-state index contributed by atoms with van der Waals surface area (Å²) in [6, 6.07) is 2.89. The second-order valence-electron chi connectivity index (χ2n) is 4.88. The minimum Gasteiger partial charge on any atom is -0.481 e. The first kappa shape index (κ1) is 15.6. The molecule has 0 saturated heterocycles. The summed E-state index contributed by atoms with van der Waals surface area (Å²) in [5.74, 6) is -1.77. The van der Waals surface area contributed by atoms with Gasteiger partial charge in [0.2, 0.25) is 0 Å². The third-order valence-electron chi connectivity index (χ3n) is 2.76. The number of aromatic nitrogens is 1. The smallest absolute Gasteiger partial charge is 0.310 e. The summed E-state index contributed by atoms with van der Waals surface area (Å²) >= 11 is 0. The molecule has 0 aliphatic heterocycles. The summed E-state index contributed by atoms with van der Waals surface area (Å²) in [5.41, 5.74) is -0.584. The standard InChI is InChI=1S/C13H17N3O4/c1-13(2,12(19)20)7-16-10(17)8-4-5-9(15-6-8)11(18)14-3/h4-6H,7H2,1-3H3,(H,14,18)(H,16,17)(H,19,20). The van der Waals surface area contributed by atoms with E-state index in [4.69, 9.17) is 5.11 Å². The van der Waals surface area contributed by atoms with E-state index < -0.39 is 17.3 Å². The molecule has 3 N–H and O–H groups in total. The van der Waals surface area contributed by atoms with Gasteiger partial charge in [-0.15, -0.1) is 0 Å². The second-order valence-corrected chi connectivity index (χ2v) is 4.88. The fourth-order valence-corrected chi connectivity index (χ4v) is 1.27. The molecule has 7 nitrogen and oxygen atoms in total. The van der Waals surface area contributed by atoms with E-state index in [0.717, 1.165) is 0 Å². The van der Waals surface area contributed by atoms with Crippen molar-refractivity contribution in [2.75, 3.05) is 13.6 Å².